The summed E-state index contributed by atoms with van der Waals surface area (Å²) in [5, 5.41) is 6.86. The van der Waals surface area contributed by atoms with Crippen molar-refractivity contribution in [1.82, 2.24) is 10.6 Å². The van der Waals surface area contributed by atoms with Crippen molar-refractivity contribution in [3.63, 3.8) is 0 Å². The average Bonchev–Trinajstić information content (AvgIpc) is 2.67. The SMILES string of the molecule is CC(C)(C)NCCNCCCc1ccco1. The van der Waals surface area contributed by atoms with Crippen LogP contribution in [-0.2, 0) is 6.42 Å². The molecule has 0 amide bonds. The van der Waals surface area contributed by atoms with Crippen molar-refractivity contribution in [2.75, 3.05) is 19.6 Å². The Labute approximate surface area is 98.6 Å². The third-order valence-corrected chi connectivity index (χ3v) is 2.31. The second-order valence-corrected chi connectivity index (χ2v) is 5.11. The molecule has 2 N–H and O–H groups in total. The summed E-state index contributed by atoms with van der Waals surface area (Å²) in [7, 11) is 0. The molecule has 0 spiro atoms. The number of nitrogens with one attached hydrogen (secondary N) is 2. The molecule has 0 fully saturated rings. The topological polar surface area (TPSA) is 37.2 Å². The quantitative estimate of drug-likeness (QED) is 0.697. The summed E-state index contributed by atoms with van der Waals surface area (Å²) in [6.07, 6.45) is 3.88. The second-order valence-electron chi connectivity index (χ2n) is 5.11. The second kappa shape index (κ2) is 6.71. The summed E-state index contributed by atoms with van der Waals surface area (Å²) in [5.41, 5.74) is 0.218. The van der Waals surface area contributed by atoms with Crippen LogP contribution in [0.2, 0.25) is 0 Å². The van der Waals surface area contributed by atoms with E-state index in [1.165, 1.54) is 0 Å². The average molecular weight is 224 g/mol. The molecule has 0 aliphatic heterocycles. The smallest absolute Gasteiger partial charge is 0.103 e. The van der Waals surface area contributed by atoms with Crippen LogP contribution in [0.5, 0.6) is 0 Å². The molecule has 0 aromatic carbocycles. The zero-order chi connectivity index (χ0) is 11.9. The molecule has 16 heavy (non-hydrogen) atoms. The Hall–Kier alpha value is -0.800. The van der Waals surface area contributed by atoms with Crippen LogP contribution < -0.4 is 10.6 Å². The summed E-state index contributed by atoms with van der Waals surface area (Å²) in [4.78, 5) is 0. The van der Waals surface area contributed by atoms with E-state index in [0.29, 0.717) is 0 Å². The molecule has 0 saturated carbocycles. The van der Waals surface area contributed by atoms with Gasteiger partial charge in [-0.05, 0) is 45.9 Å². The van der Waals surface area contributed by atoms with Gasteiger partial charge >= 0.3 is 0 Å². The Kier molecular flexibility index (Phi) is 5.56. The molecule has 0 radical (unpaired) electrons. The van der Waals surface area contributed by atoms with Gasteiger partial charge in [0.15, 0.2) is 0 Å². The first-order valence-corrected chi connectivity index (χ1v) is 6.06. The molecule has 0 atom stereocenters. The van der Waals surface area contributed by atoms with Crippen molar-refractivity contribution in [2.45, 2.75) is 39.2 Å². The minimum Gasteiger partial charge on any atom is -0.469 e. The lowest BCUT2D eigenvalue weighted by Gasteiger charge is -2.20. The van der Waals surface area contributed by atoms with Gasteiger partial charge in [0.1, 0.15) is 5.76 Å². The maximum absolute atomic E-state index is 5.27. The maximum atomic E-state index is 5.27. The van der Waals surface area contributed by atoms with Crippen molar-refractivity contribution >= 4 is 0 Å². The highest BCUT2D eigenvalue weighted by molar-refractivity contribution is 4.97. The lowest BCUT2D eigenvalue weighted by atomic mass is 10.1. The summed E-state index contributed by atoms with van der Waals surface area (Å²) in [6.45, 7) is 9.64. The Balaban J connectivity index is 1.89. The fourth-order valence-electron chi connectivity index (χ4n) is 1.49. The minimum atomic E-state index is 0.218. The number of furan rings is 1. The molecule has 3 heteroatoms. The summed E-state index contributed by atoms with van der Waals surface area (Å²) in [6, 6.07) is 3.97. The third kappa shape index (κ3) is 6.64. The van der Waals surface area contributed by atoms with Crippen LogP contribution in [0, 0.1) is 0 Å². The van der Waals surface area contributed by atoms with E-state index in [2.05, 4.69) is 31.4 Å². The Bertz CT molecular complexity index is 262. The van der Waals surface area contributed by atoms with Crippen LogP contribution in [-0.4, -0.2) is 25.2 Å². The number of rotatable bonds is 7. The molecule has 3 nitrogen and oxygen atoms in total. The molecule has 1 aromatic heterocycles. The fraction of sp³-hybridized carbons (Fsp3) is 0.692. The van der Waals surface area contributed by atoms with E-state index in [0.717, 1.165) is 38.2 Å². The van der Waals surface area contributed by atoms with Gasteiger partial charge in [0.05, 0.1) is 6.26 Å². The zero-order valence-corrected chi connectivity index (χ0v) is 10.7. The molecular formula is C13H24N2O. The highest BCUT2D eigenvalue weighted by Gasteiger charge is 2.06. The van der Waals surface area contributed by atoms with Crippen LogP contribution in [0.1, 0.15) is 33.0 Å². The Morgan fingerprint density at radius 2 is 2.00 bits per heavy atom. The molecule has 1 heterocycles. The number of hydrogen-bond donors (Lipinski definition) is 2. The molecule has 92 valence electrons. The maximum Gasteiger partial charge on any atom is 0.103 e. The Morgan fingerprint density at radius 1 is 1.19 bits per heavy atom. The lowest BCUT2D eigenvalue weighted by Crippen LogP contribution is -2.40. The first-order valence-electron chi connectivity index (χ1n) is 6.06. The third-order valence-electron chi connectivity index (χ3n) is 2.31. The first-order chi connectivity index (χ1) is 7.58. The molecule has 1 aromatic rings. The summed E-state index contributed by atoms with van der Waals surface area (Å²) < 4.78 is 5.27. The van der Waals surface area contributed by atoms with Crippen molar-refractivity contribution in [2.24, 2.45) is 0 Å². The van der Waals surface area contributed by atoms with Gasteiger partial charge in [-0.15, -0.1) is 0 Å². The van der Waals surface area contributed by atoms with Gasteiger partial charge in [-0.3, -0.25) is 0 Å². The van der Waals surface area contributed by atoms with Gasteiger partial charge in [-0.2, -0.15) is 0 Å². The van der Waals surface area contributed by atoms with Gasteiger partial charge in [0, 0.05) is 25.0 Å². The fourth-order valence-corrected chi connectivity index (χ4v) is 1.49. The van der Waals surface area contributed by atoms with Gasteiger partial charge in [0.2, 0.25) is 0 Å². The van der Waals surface area contributed by atoms with E-state index in [4.69, 9.17) is 4.42 Å². The summed E-state index contributed by atoms with van der Waals surface area (Å²) in [5.74, 6) is 1.08. The predicted molar refractivity (Wildman–Crippen MR) is 67.7 cm³/mol. The normalized spacial score (nSPS) is 11.9. The van der Waals surface area contributed by atoms with Crippen LogP contribution in [0.3, 0.4) is 0 Å². The van der Waals surface area contributed by atoms with Crippen LogP contribution in [0.15, 0.2) is 22.8 Å². The zero-order valence-electron chi connectivity index (χ0n) is 10.7. The molecule has 0 aliphatic carbocycles. The van der Waals surface area contributed by atoms with E-state index in [1.807, 2.05) is 12.1 Å². The number of hydrogen-bond acceptors (Lipinski definition) is 3. The molecular weight excluding hydrogens is 200 g/mol. The molecule has 0 unspecified atom stereocenters. The largest absolute Gasteiger partial charge is 0.469 e. The molecule has 0 aliphatic rings. The van der Waals surface area contributed by atoms with Crippen molar-refractivity contribution in [1.29, 1.82) is 0 Å². The molecule has 0 bridgehead atoms. The Morgan fingerprint density at radius 3 is 2.62 bits per heavy atom. The van der Waals surface area contributed by atoms with Crippen molar-refractivity contribution < 1.29 is 4.42 Å². The van der Waals surface area contributed by atoms with E-state index in [9.17, 15) is 0 Å². The van der Waals surface area contributed by atoms with Crippen LogP contribution in [0.4, 0.5) is 0 Å². The van der Waals surface area contributed by atoms with Gasteiger partial charge in [-0.1, -0.05) is 0 Å². The number of aryl methyl sites for hydroxylation is 1. The molecule has 0 saturated heterocycles. The van der Waals surface area contributed by atoms with Crippen molar-refractivity contribution in [3.8, 4) is 0 Å². The predicted octanol–water partition coefficient (Wildman–Crippen LogP) is 2.19. The standard InChI is InChI=1S/C13H24N2O/c1-13(2,3)15-10-9-14-8-4-6-12-7-5-11-16-12/h5,7,11,14-15H,4,6,8-10H2,1-3H3. The van der Waals surface area contributed by atoms with Gasteiger partial charge in [-0.25, -0.2) is 0 Å². The van der Waals surface area contributed by atoms with E-state index < -0.39 is 0 Å². The first kappa shape index (κ1) is 13.3. The van der Waals surface area contributed by atoms with Gasteiger partial charge < -0.3 is 15.1 Å². The molecule has 1 rings (SSSR count). The lowest BCUT2D eigenvalue weighted by molar-refractivity contribution is 0.420. The summed E-state index contributed by atoms with van der Waals surface area (Å²) >= 11 is 0. The van der Waals surface area contributed by atoms with E-state index >= 15 is 0 Å². The minimum absolute atomic E-state index is 0.218. The van der Waals surface area contributed by atoms with Crippen molar-refractivity contribution in [3.05, 3.63) is 24.2 Å². The monoisotopic (exact) mass is 224 g/mol. The van der Waals surface area contributed by atoms with E-state index in [1.54, 1.807) is 6.26 Å². The van der Waals surface area contributed by atoms with Crippen LogP contribution >= 0.6 is 0 Å². The van der Waals surface area contributed by atoms with E-state index in [-0.39, 0.29) is 5.54 Å². The highest BCUT2D eigenvalue weighted by atomic mass is 16.3. The van der Waals surface area contributed by atoms with Crippen LogP contribution in [0.25, 0.3) is 0 Å². The highest BCUT2D eigenvalue weighted by Crippen LogP contribution is 2.02. The van der Waals surface area contributed by atoms with Gasteiger partial charge in [0.25, 0.3) is 0 Å².